The number of anilines is 1. The predicted octanol–water partition coefficient (Wildman–Crippen LogP) is 4.10. The van der Waals surface area contributed by atoms with Crippen molar-refractivity contribution < 1.29 is 19.1 Å². The number of halogens is 2. The molecule has 7 nitrogen and oxygen atoms in total. The molecular weight excluding hydrogens is 473 g/mol. The highest BCUT2D eigenvalue weighted by atomic mass is 35.5. The Hall–Kier alpha value is -2.99. The number of nitrogens with zero attached hydrogens (tertiary/aromatic N) is 1. The number of allylic oxidation sites excluding steroid dienone is 1. The number of thioether (sulfide) groups is 1. The van der Waals surface area contributed by atoms with E-state index in [1.54, 1.807) is 48.5 Å². The molecule has 2 N–H and O–H groups in total. The van der Waals surface area contributed by atoms with E-state index in [2.05, 4.69) is 16.7 Å². The predicted molar refractivity (Wildman–Crippen MR) is 123 cm³/mol. The average molecular weight is 490 g/mol. The molecule has 164 valence electrons. The minimum Gasteiger partial charge on any atom is -0.468 e. The maximum Gasteiger partial charge on any atom is 0.319 e. The highest BCUT2D eigenvalue weighted by Crippen LogP contribution is 2.40. The first kappa shape index (κ1) is 23.7. The lowest BCUT2D eigenvalue weighted by Crippen LogP contribution is -2.44. The molecule has 2 amide bonds. The van der Waals surface area contributed by atoms with Crippen molar-refractivity contribution in [2.24, 2.45) is 5.92 Å². The normalized spacial score (nSPS) is 17.9. The number of methoxy groups -OCH3 is 1. The monoisotopic (exact) mass is 489 g/mol. The third-order valence-corrected chi connectivity index (χ3v) is 6.17. The Morgan fingerprint density at radius 2 is 1.91 bits per heavy atom. The van der Waals surface area contributed by atoms with E-state index < -0.39 is 23.7 Å². The third kappa shape index (κ3) is 5.43. The van der Waals surface area contributed by atoms with Gasteiger partial charge in [-0.05, 0) is 35.9 Å². The Bertz CT molecular complexity index is 1130. The smallest absolute Gasteiger partial charge is 0.319 e. The van der Waals surface area contributed by atoms with E-state index in [9.17, 15) is 19.6 Å². The van der Waals surface area contributed by atoms with Gasteiger partial charge in [0, 0.05) is 21.7 Å². The molecule has 0 saturated heterocycles. The van der Waals surface area contributed by atoms with Gasteiger partial charge in [-0.15, -0.1) is 0 Å². The van der Waals surface area contributed by atoms with Crippen LogP contribution in [0.15, 0.2) is 59.1 Å². The van der Waals surface area contributed by atoms with E-state index in [4.69, 9.17) is 27.9 Å². The summed E-state index contributed by atoms with van der Waals surface area (Å²) in [6, 6.07) is 15.3. The highest BCUT2D eigenvalue weighted by Gasteiger charge is 2.44. The Morgan fingerprint density at radius 3 is 2.53 bits per heavy atom. The van der Waals surface area contributed by atoms with E-state index in [0.29, 0.717) is 21.3 Å². The molecule has 10 heteroatoms. The molecule has 32 heavy (non-hydrogen) atoms. The zero-order valence-corrected chi connectivity index (χ0v) is 19.1. The van der Waals surface area contributed by atoms with Gasteiger partial charge >= 0.3 is 5.97 Å². The maximum absolute atomic E-state index is 12.8. The molecule has 0 aliphatic carbocycles. The largest absolute Gasteiger partial charge is 0.468 e. The topological polar surface area (TPSA) is 108 Å². The molecule has 1 aliphatic rings. The number of benzene rings is 2. The van der Waals surface area contributed by atoms with E-state index in [-0.39, 0.29) is 22.3 Å². The molecule has 0 spiro atoms. The molecule has 0 saturated carbocycles. The summed E-state index contributed by atoms with van der Waals surface area (Å²) in [5, 5.41) is 16.3. The number of rotatable bonds is 6. The second kappa shape index (κ2) is 10.6. The molecule has 0 fully saturated rings. The van der Waals surface area contributed by atoms with Gasteiger partial charge in [-0.1, -0.05) is 53.2 Å². The second-order valence-corrected chi connectivity index (χ2v) is 8.58. The van der Waals surface area contributed by atoms with Crippen LogP contribution in [-0.4, -0.2) is 30.6 Å². The molecule has 2 atom stereocenters. The van der Waals surface area contributed by atoms with Crippen LogP contribution < -0.4 is 10.6 Å². The van der Waals surface area contributed by atoms with Gasteiger partial charge in [-0.25, -0.2) is 0 Å². The summed E-state index contributed by atoms with van der Waals surface area (Å²) in [6.45, 7) is 0. The molecule has 2 aromatic carbocycles. The van der Waals surface area contributed by atoms with Crippen LogP contribution in [0.1, 0.15) is 11.5 Å². The number of hydrogen-bond donors (Lipinski definition) is 2. The van der Waals surface area contributed by atoms with Crippen molar-refractivity contribution in [3.8, 4) is 6.07 Å². The molecule has 0 unspecified atom stereocenters. The zero-order chi connectivity index (χ0) is 23.3. The minimum atomic E-state index is -1.25. The van der Waals surface area contributed by atoms with E-state index in [1.807, 2.05) is 0 Å². The van der Waals surface area contributed by atoms with Crippen LogP contribution in [0, 0.1) is 17.2 Å². The van der Waals surface area contributed by atoms with Crippen molar-refractivity contribution in [2.75, 3.05) is 18.2 Å². The van der Waals surface area contributed by atoms with Gasteiger partial charge in [0.2, 0.25) is 11.8 Å². The Labute approximate surface area is 198 Å². The molecule has 0 aromatic heterocycles. The highest BCUT2D eigenvalue weighted by molar-refractivity contribution is 8.03. The van der Waals surface area contributed by atoms with Gasteiger partial charge in [0.25, 0.3) is 0 Å². The van der Waals surface area contributed by atoms with Crippen LogP contribution in [0.5, 0.6) is 0 Å². The molecule has 0 radical (unpaired) electrons. The lowest BCUT2D eigenvalue weighted by atomic mass is 9.78. The summed E-state index contributed by atoms with van der Waals surface area (Å²) in [5.41, 5.74) is 1.23. The van der Waals surface area contributed by atoms with Crippen LogP contribution in [0.2, 0.25) is 10.0 Å². The second-order valence-electron chi connectivity index (χ2n) is 6.72. The standard InChI is InChI=1S/C22H17Cl2N3O4S/c1-31-22(30)19-18(12-5-7-13(23)8-6-12)16(10-25)21(27-20(19)29)32-11-17(28)26-15-4-2-3-14(24)9-15/h2-9,18-19H,11H2,1H3,(H,26,28)(H,27,29)/t18-,19-/m1/s1. The molecular formula is C22H17Cl2N3O4S. The fraction of sp³-hybridized carbons (Fsp3) is 0.182. The summed E-state index contributed by atoms with van der Waals surface area (Å²) >= 11 is 12.9. The number of carbonyl (C=O) groups excluding carboxylic acids is 3. The maximum atomic E-state index is 12.8. The van der Waals surface area contributed by atoms with Crippen LogP contribution >= 0.6 is 35.0 Å². The zero-order valence-electron chi connectivity index (χ0n) is 16.7. The van der Waals surface area contributed by atoms with E-state index in [1.165, 1.54) is 7.11 Å². The number of nitriles is 1. The lowest BCUT2D eigenvalue weighted by Gasteiger charge is -2.30. The molecule has 0 bridgehead atoms. The number of nitrogens with one attached hydrogen (secondary N) is 2. The van der Waals surface area contributed by atoms with Crippen molar-refractivity contribution >= 4 is 58.4 Å². The van der Waals surface area contributed by atoms with Crippen molar-refractivity contribution in [2.45, 2.75) is 5.92 Å². The average Bonchev–Trinajstić information content (AvgIpc) is 2.77. The van der Waals surface area contributed by atoms with Crippen molar-refractivity contribution in [1.82, 2.24) is 5.32 Å². The van der Waals surface area contributed by atoms with Crippen molar-refractivity contribution in [1.29, 1.82) is 5.26 Å². The molecule has 3 rings (SSSR count). The summed E-state index contributed by atoms with van der Waals surface area (Å²) in [5.74, 6) is -3.94. The number of esters is 1. The van der Waals surface area contributed by atoms with Gasteiger partial charge in [-0.2, -0.15) is 5.26 Å². The molecule has 1 heterocycles. The third-order valence-electron chi connectivity index (χ3n) is 4.67. The summed E-state index contributed by atoms with van der Waals surface area (Å²) in [7, 11) is 1.18. The number of ether oxygens (including phenoxy) is 1. The fourth-order valence-electron chi connectivity index (χ4n) is 3.25. The molecule has 2 aromatic rings. The quantitative estimate of drug-likeness (QED) is 0.466. The van der Waals surface area contributed by atoms with Gasteiger partial charge in [0.05, 0.1) is 29.5 Å². The van der Waals surface area contributed by atoms with Crippen LogP contribution in [0.25, 0.3) is 0 Å². The minimum absolute atomic E-state index is 0.0798. The fourth-order valence-corrected chi connectivity index (χ4v) is 4.42. The van der Waals surface area contributed by atoms with Gasteiger partial charge < -0.3 is 15.4 Å². The molecule has 1 aliphatic heterocycles. The Kier molecular flexibility index (Phi) is 7.80. The Balaban J connectivity index is 1.88. The summed E-state index contributed by atoms with van der Waals surface area (Å²) < 4.78 is 4.80. The van der Waals surface area contributed by atoms with Crippen LogP contribution in [0.3, 0.4) is 0 Å². The summed E-state index contributed by atoms with van der Waals surface area (Å²) in [4.78, 5) is 37.5. The van der Waals surface area contributed by atoms with Gasteiger partial charge in [0.15, 0.2) is 0 Å². The first-order valence-electron chi connectivity index (χ1n) is 9.30. The lowest BCUT2D eigenvalue weighted by molar-refractivity contribution is -0.150. The van der Waals surface area contributed by atoms with Crippen LogP contribution in [-0.2, 0) is 19.1 Å². The van der Waals surface area contributed by atoms with Gasteiger partial charge in [-0.3, -0.25) is 14.4 Å². The van der Waals surface area contributed by atoms with Crippen molar-refractivity contribution in [3.63, 3.8) is 0 Å². The van der Waals surface area contributed by atoms with Crippen LogP contribution in [0.4, 0.5) is 5.69 Å². The number of hydrogen-bond acceptors (Lipinski definition) is 6. The van der Waals surface area contributed by atoms with Gasteiger partial charge in [0.1, 0.15) is 5.92 Å². The van der Waals surface area contributed by atoms with E-state index >= 15 is 0 Å². The number of amides is 2. The Morgan fingerprint density at radius 1 is 1.19 bits per heavy atom. The first-order chi connectivity index (χ1) is 15.3. The number of carbonyl (C=O) groups is 3. The van der Waals surface area contributed by atoms with Crippen molar-refractivity contribution in [3.05, 3.63) is 74.7 Å². The first-order valence-corrected chi connectivity index (χ1v) is 11.0. The SMILES string of the molecule is COC(=O)[C@H]1C(=O)NC(SCC(=O)Nc2cccc(Cl)c2)=C(C#N)[C@H]1c1ccc(Cl)cc1. The summed E-state index contributed by atoms with van der Waals surface area (Å²) in [6.07, 6.45) is 0. The van der Waals surface area contributed by atoms with E-state index in [0.717, 1.165) is 11.8 Å².